The van der Waals surface area contributed by atoms with E-state index in [1.807, 2.05) is 6.08 Å². The topological polar surface area (TPSA) is 78.9 Å². The lowest BCUT2D eigenvalue weighted by Gasteiger charge is -2.18. The maximum absolute atomic E-state index is 12.9. The van der Waals surface area contributed by atoms with E-state index in [0.29, 0.717) is 19.3 Å². The number of rotatable bonds is 63. The molecule has 0 spiro atoms. The van der Waals surface area contributed by atoms with Gasteiger partial charge in [-0.3, -0.25) is 14.4 Å². The Hall–Kier alpha value is -3.15. The van der Waals surface area contributed by atoms with Crippen molar-refractivity contribution in [3.63, 3.8) is 0 Å². The van der Waals surface area contributed by atoms with E-state index < -0.39 is 6.10 Å². The van der Waals surface area contributed by atoms with Crippen LogP contribution in [-0.4, -0.2) is 37.2 Å². The lowest BCUT2D eigenvalue weighted by Crippen LogP contribution is -2.30. The third-order valence-corrected chi connectivity index (χ3v) is 15.2. The highest BCUT2D eigenvalue weighted by Crippen LogP contribution is 2.18. The minimum Gasteiger partial charge on any atom is -0.462 e. The molecule has 6 heteroatoms. The van der Waals surface area contributed by atoms with Crippen LogP contribution in [0.3, 0.4) is 0 Å². The van der Waals surface area contributed by atoms with Crippen LogP contribution in [0.4, 0.5) is 0 Å². The van der Waals surface area contributed by atoms with Gasteiger partial charge in [0.15, 0.2) is 6.10 Å². The van der Waals surface area contributed by atoms with E-state index in [0.717, 1.165) is 89.9 Å². The van der Waals surface area contributed by atoms with Crippen LogP contribution in [0.15, 0.2) is 72.9 Å². The fourth-order valence-corrected chi connectivity index (χ4v) is 10.1. The van der Waals surface area contributed by atoms with Crippen LogP contribution < -0.4 is 0 Å². The Morgan fingerprint density at radius 2 is 0.532 bits per heavy atom. The zero-order valence-electron chi connectivity index (χ0n) is 52.6. The largest absolute Gasteiger partial charge is 0.462 e. The Balaban J connectivity index is 4.09. The van der Waals surface area contributed by atoms with E-state index in [2.05, 4.69) is 87.6 Å². The number of carbonyl (C=O) groups excluding carboxylic acids is 3. The maximum atomic E-state index is 12.9. The molecule has 0 N–H and O–H groups in total. The molecule has 0 aliphatic rings. The monoisotopic (exact) mass is 1100 g/mol. The Morgan fingerprint density at radius 3 is 0.886 bits per heavy atom. The van der Waals surface area contributed by atoms with Crippen LogP contribution in [0, 0.1) is 0 Å². The normalized spacial score (nSPS) is 12.5. The second-order valence-electron chi connectivity index (χ2n) is 23.1. The molecule has 0 aliphatic heterocycles. The summed E-state index contributed by atoms with van der Waals surface area (Å²) in [6, 6.07) is 0. The summed E-state index contributed by atoms with van der Waals surface area (Å²) in [7, 11) is 0. The van der Waals surface area contributed by atoms with Crippen molar-refractivity contribution < 1.29 is 28.6 Å². The fourth-order valence-electron chi connectivity index (χ4n) is 10.1. The first-order chi connectivity index (χ1) is 39.0. The summed E-state index contributed by atoms with van der Waals surface area (Å²) in [5, 5.41) is 0. The quantitative estimate of drug-likeness (QED) is 0.0261. The molecule has 0 radical (unpaired) electrons. The van der Waals surface area contributed by atoms with Crippen molar-refractivity contribution in [3.8, 4) is 0 Å². The Kier molecular flexibility index (Phi) is 64.7. The van der Waals surface area contributed by atoms with Gasteiger partial charge in [-0.05, 0) is 70.6 Å². The minimum atomic E-state index is -0.811. The predicted octanol–water partition coefficient (Wildman–Crippen LogP) is 23.7. The van der Waals surface area contributed by atoms with Gasteiger partial charge in [0.05, 0.1) is 0 Å². The van der Waals surface area contributed by atoms with Crippen molar-refractivity contribution in [2.75, 3.05) is 13.2 Å². The Labute approximate surface area is 491 Å². The summed E-state index contributed by atoms with van der Waals surface area (Å²) in [6.07, 6.45) is 88.4. The van der Waals surface area contributed by atoms with E-state index in [1.165, 1.54) is 218 Å². The SMILES string of the molecule is CC/C=C\C/C=C\C/C=C\C/C=C\CCC(=O)OCC(COC(=O)CCCCCCCCCCCCCCCCCCCCCCCCCCCCCCCCCCCC)OC(=O)CCCCCCC/C=C\C/C=C\CCCC. The van der Waals surface area contributed by atoms with Gasteiger partial charge in [0, 0.05) is 19.3 Å². The molecule has 0 aliphatic carbocycles. The Bertz CT molecular complexity index is 1450. The number of hydrogen-bond donors (Lipinski definition) is 0. The molecule has 458 valence electrons. The zero-order valence-corrected chi connectivity index (χ0v) is 52.6. The molecule has 0 heterocycles. The van der Waals surface area contributed by atoms with Crippen LogP contribution in [0.2, 0.25) is 0 Å². The number of hydrogen-bond acceptors (Lipinski definition) is 6. The molecule has 0 amide bonds. The van der Waals surface area contributed by atoms with Crippen molar-refractivity contribution in [3.05, 3.63) is 72.9 Å². The molecule has 1 unspecified atom stereocenters. The average Bonchev–Trinajstić information content (AvgIpc) is 3.45. The smallest absolute Gasteiger partial charge is 0.306 e. The van der Waals surface area contributed by atoms with Crippen LogP contribution in [0.5, 0.6) is 0 Å². The molecule has 0 fully saturated rings. The average molecular weight is 1100 g/mol. The Morgan fingerprint density at radius 1 is 0.266 bits per heavy atom. The van der Waals surface area contributed by atoms with Gasteiger partial charge < -0.3 is 14.2 Å². The van der Waals surface area contributed by atoms with Crippen LogP contribution in [-0.2, 0) is 28.6 Å². The first-order valence-electron chi connectivity index (χ1n) is 34.4. The highest BCUT2D eigenvalue weighted by Gasteiger charge is 2.19. The zero-order chi connectivity index (χ0) is 57.1. The minimum absolute atomic E-state index is 0.101. The predicted molar refractivity (Wildman–Crippen MR) is 344 cm³/mol. The molecule has 0 aromatic rings. The van der Waals surface area contributed by atoms with Gasteiger partial charge in [0.2, 0.25) is 0 Å². The second-order valence-corrected chi connectivity index (χ2v) is 23.1. The van der Waals surface area contributed by atoms with Gasteiger partial charge in [0.1, 0.15) is 13.2 Å². The molecule has 0 aromatic carbocycles. The van der Waals surface area contributed by atoms with E-state index in [9.17, 15) is 14.4 Å². The van der Waals surface area contributed by atoms with Gasteiger partial charge in [-0.2, -0.15) is 0 Å². The van der Waals surface area contributed by atoms with Gasteiger partial charge in [-0.15, -0.1) is 0 Å². The van der Waals surface area contributed by atoms with Gasteiger partial charge >= 0.3 is 17.9 Å². The molecule has 0 saturated heterocycles. The van der Waals surface area contributed by atoms with Crippen molar-refractivity contribution in [1.82, 2.24) is 0 Å². The van der Waals surface area contributed by atoms with Crippen molar-refractivity contribution >= 4 is 17.9 Å². The maximum Gasteiger partial charge on any atom is 0.306 e. The molecule has 1 atom stereocenters. The summed E-state index contributed by atoms with van der Waals surface area (Å²) >= 11 is 0. The molecule has 6 nitrogen and oxygen atoms in total. The number of carbonyl (C=O) groups is 3. The number of ether oxygens (including phenoxy) is 3. The first kappa shape index (κ1) is 75.8. The molecule has 0 saturated carbocycles. The van der Waals surface area contributed by atoms with Gasteiger partial charge in [-0.1, -0.05) is 338 Å². The molecule has 0 rings (SSSR count). The fraction of sp³-hybridized carbons (Fsp3) is 0.795. The van der Waals surface area contributed by atoms with Crippen molar-refractivity contribution in [1.29, 1.82) is 0 Å². The summed E-state index contributed by atoms with van der Waals surface area (Å²) < 4.78 is 16.8. The van der Waals surface area contributed by atoms with E-state index in [-0.39, 0.29) is 37.5 Å². The number of allylic oxidation sites excluding steroid dienone is 12. The third-order valence-electron chi connectivity index (χ3n) is 15.2. The number of unbranched alkanes of at least 4 members (excludes halogenated alkanes) is 40. The van der Waals surface area contributed by atoms with E-state index in [4.69, 9.17) is 14.2 Å². The first-order valence-corrected chi connectivity index (χ1v) is 34.4. The highest BCUT2D eigenvalue weighted by atomic mass is 16.6. The lowest BCUT2D eigenvalue weighted by atomic mass is 10.0. The van der Waals surface area contributed by atoms with Crippen LogP contribution in [0.25, 0.3) is 0 Å². The molecule has 79 heavy (non-hydrogen) atoms. The highest BCUT2D eigenvalue weighted by molar-refractivity contribution is 5.71. The summed E-state index contributed by atoms with van der Waals surface area (Å²) in [4.78, 5) is 38.2. The summed E-state index contributed by atoms with van der Waals surface area (Å²) in [5.74, 6) is -0.987. The van der Waals surface area contributed by atoms with Crippen LogP contribution in [0.1, 0.15) is 355 Å². The molecular weight excluding hydrogens is 973 g/mol. The lowest BCUT2D eigenvalue weighted by molar-refractivity contribution is -0.166. The summed E-state index contributed by atoms with van der Waals surface area (Å²) in [6.45, 7) is 6.45. The second kappa shape index (κ2) is 67.4. The van der Waals surface area contributed by atoms with E-state index >= 15 is 0 Å². The van der Waals surface area contributed by atoms with Crippen LogP contribution >= 0.6 is 0 Å². The molecular formula is C73H130O6. The van der Waals surface area contributed by atoms with Crippen molar-refractivity contribution in [2.24, 2.45) is 0 Å². The van der Waals surface area contributed by atoms with Gasteiger partial charge in [0.25, 0.3) is 0 Å². The third kappa shape index (κ3) is 65.5. The van der Waals surface area contributed by atoms with E-state index in [1.54, 1.807) is 0 Å². The summed E-state index contributed by atoms with van der Waals surface area (Å²) in [5.41, 5.74) is 0. The molecule has 0 bridgehead atoms. The number of esters is 3. The molecule has 0 aromatic heterocycles. The van der Waals surface area contributed by atoms with Gasteiger partial charge in [-0.25, -0.2) is 0 Å². The van der Waals surface area contributed by atoms with Crippen molar-refractivity contribution in [2.45, 2.75) is 361 Å². The standard InChI is InChI=1S/C73H130O6/c1-4-7-10-13-16-19-22-25-27-28-29-30-31-32-33-34-35-36-37-38-39-40-41-42-43-44-45-46-49-51-54-57-60-63-66-72(75)78-69-70(68-77-71(74)65-62-59-56-53-50-47-24-21-18-15-12-9-6-3)79-73(76)67-64-61-58-55-52-48-26-23-20-17-14-11-8-5-2/h9,12,14,17-18,21,23,26,47,50,56,59,70H,4-8,10-11,13,15-16,19-20,22,24-25,27-46,48-49,51-55,57-58,60-69H2,1-3H3/b12-9-,17-14-,21-18-,26-23-,50-47-,59-56-.